The average Bonchev–Trinajstić information content (AvgIpc) is 2.67. The molecular formula is C10H14Cl5N3. The van der Waals surface area contributed by atoms with E-state index in [0.29, 0.717) is 12.2 Å². The van der Waals surface area contributed by atoms with E-state index in [1.165, 1.54) is 0 Å². The first-order chi connectivity index (χ1) is 8.25. The maximum Gasteiger partial charge on any atom is 0.228 e. The molecular weight excluding hydrogens is 339 g/mol. The molecule has 1 rings (SSSR count). The lowest BCUT2D eigenvalue weighted by molar-refractivity contribution is 0.587. The summed E-state index contributed by atoms with van der Waals surface area (Å²) < 4.78 is -1.86. The number of hydrogen-bond donors (Lipinski definition) is 0. The van der Waals surface area contributed by atoms with Crippen molar-refractivity contribution in [3.63, 3.8) is 0 Å². The first-order valence-electron chi connectivity index (χ1n) is 5.63. The summed E-state index contributed by atoms with van der Waals surface area (Å²) in [5, 5.41) is 7.96. The van der Waals surface area contributed by atoms with Crippen LogP contribution in [0.25, 0.3) is 0 Å². The van der Waals surface area contributed by atoms with Crippen molar-refractivity contribution >= 4 is 58.0 Å². The van der Waals surface area contributed by atoms with Gasteiger partial charge >= 0.3 is 0 Å². The minimum Gasteiger partial charge on any atom is -0.249 e. The molecule has 18 heavy (non-hydrogen) atoms. The topological polar surface area (TPSA) is 30.7 Å². The summed E-state index contributed by atoms with van der Waals surface area (Å²) in [7, 11) is 0. The summed E-state index contributed by atoms with van der Waals surface area (Å²) in [4.78, 5) is 0. The minimum atomic E-state index is -1.87. The Morgan fingerprint density at radius 3 is 2.17 bits per heavy atom. The second-order valence-corrected chi connectivity index (χ2v) is 7.48. The van der Waals surface area contributed by atoms with Gasteiger partial charge in [-0.05, 0) is 19.8 Å². The zero-order chi connectivity index (χ0) is 14.0. The van der Waals surface area contributed by atoms with Gasteiger partial charge in [0.15, 0.2) is 0 Å². The number of nitrogens with zero attached hydrogens (tertiary/aromatic N) is 3. The monoisotopic (exact) mass is 351 g/mol. The fourth-order valence-electron chi connectivity index (χ4n) is 1.56. The average molecular weight is 354 g/mol. The van der Waals surface area contributed by atoms with Crippen LogP contribution in [0.15, 0.2) is 0 Å². The zero-order valence-electron chi connectivity index (χ0n) is 10.1. The molecule has 0 aliphatic heterocycles. The quantitative estimate of drug-likeness (QED) is 0.722. The third kappa shape index (κ3) is 3.37. The lowest BCUT2D eigenvalue weighted by Gasteiger charge is -2.26. The van der Waals surface area contributed by atoms with E-state index in [2.05, 4.69) is 17.2 Å². The first kappa shape index (κ1) is 16.6. The van der Waals surface area contributed by atoms with Crippen molar-refractivity contribution in [3.8, 4) is 0 Å². The van der Waals surface area contributed by atoms with Crippen LogP contribution in [-0.2, 0) is 17.3 Å². The van der Waals surface area contributed by atoms with Crippen LogP contribution >= 0.6 is 58.0 Å². The number of unbranched alkanes of at least 4 members (excludes halogenated alkanes) is 1. The van der Waals surface area contributed by atoms with Crippen LogP contribution in [0.3, 0.4) is 0 Å². The van der Waals surface area contributed by atoms with Crippen molar-refractivity contribution in [2.75, 3.05) is 0 Å². The predicted molar refractivity (Wildman–Crippen MR) is 78.0 cm³/mol. The molecule has 0 spiro atoms. The summed E-state index contributed by atoms with van der Waals surface area (Å²) in [5.74, 6) is 0. The van der Waals surface area contributed by atoms with E-state index in [-0.39, 0.29) is 0 Å². The molecule has 0 unspecified atom stereocenters. The van der Waals surface area contributed by atoms with Crippen molar-refractivity contribution < 1.29 is 0 Å². The number of aryl methyl sites for hydroxylation is 1. The van der Waals surface area contributed by atoms with Crippen molar-refractivity contribution in [3.05, 3.63) is 11.4 Å². The molecule has 0 saturated carbocycles. The van der Waals surface area contributed by atoms with Crippen molar-refractivity contribution in [2.45, 2.75) is 47.8 Å². The summed E-state index contributed by atoms with van der Waals surface area (Å²) in [5.41, 5.74) is 1.14. The van der Waals surface area contributed by atoms with Gasteiger partial charge in [-0.2, -0.15) is 0 Å². The molecule has 3 nitrogen and oxygen atoms in total. The van der Waals surface area contributed by atoms with Gasteiger partial charge in [-0.1, -0.05) is 76.6 Å². The predicted octanol–water partition coefficient (Wildman–Crippen LogP) is 4.64. The van der Waals surface area contributed by atoms with Crippen LogP contribution < -0.4 is 0 Å². The smallest absolute Gasteiger partial charge is 0.228 e. The number of aromatic nitrogens is 3. The first-order valence-corrected chi connectivity index (χ1v) is 7.52. The molecule has 0 aromatic carbocycles. The van der Waals surface area contributed by atoms with E-state index in [0.717, 1.165) is 25.0 Å². The van der Waals surface area contributed by atoms with Crippen molar-refractivity contribution in [2.24, 2.45) is 0 Å². The maximum atomic E-state index is 6.15. The highest BCUT2D eigenvalue weighted by atomic mass is 35.6. The van der Waals surface area contributed by atoms with Crippen LogP contribution in [0.2, 0.25) is 0 Å². The Morgan fingerprint density at radius 1 is 1.11 bits per heavy atom. The number of alkyl halides is 5. The van der Waals surface area contributed by atoms with E-state index in [9.17, 15) is 0 Å². The SMILES string of the molecule is CCCCc1c(C(Cl)(Cl)C(Cl)(Cl)Cl)nnn1CC. The minimum absolute atomic E-state index is 0.320. The second kappa shape index (κ2) is 6.36. The molecule has 0 bridgehead atoms. The lowest BCUT2D eigenvalue weighted by atomic mass is 10.1. The maximum absolute atomic E-state index is 6.15. The molecule has 0 radical (unpaired) electrons. The van der Waals surface area contributed by atoms with Crippen LogP contribution in [0.4, 0.5) is 0 Å². The van der Waals surface area contributed by atoms with E-state index in [1.807, 2.05) is 6.92 Å². The normalized spacial score (nSPS) is 13.1. The van der Waals surface area contributed by atoms with E-state index in [4.69, 9.17) is 58.0 Å². The molecule has 0 atom stereocenters. The Bertz CT molecular complexity index is 397. The zero-order valence-corrected chi connectivity index (χ0v) is 13.8. The number of rotatable bonds is 5. The third-order valence-corrected chi connectivity index (χ3v) is 4.91. The van der Waals surface area contributed by atoms with Crippen LogP contribution in [0.1, 0.15) is 38.1 Å². The highest BCUT2D eigenvalue weighted by Crippen LogP contribution is 2.53. The highest BCUT2D eigenvalue weighted by molar-refractivity contribution is 6.75. The highest BCUT2D eigenvalue weighted by Gasteiger charge is 2.51. The molecule has 0 N–H and O–H groups in total. The second-order valence-electron chi connectivity index (χ2n) is 3.88. The molecule has 8 heteroatoms. The van der Waals surface area contributed by atoms with E-state index < -0.39 is 8.13 Å². The molecule has 0 aliphatic rings. The van der Waals surface area contributed by atoms with E-state index in [1.54, 1.807) is 4.68 Å². The van der Waals surface area contributed by atoms with Crippen LogP contribution in [0, 0.1) is 0 Å². The Hall–Kier alpha value is 0.590. The fraction of sp³-hybridized carbons (Fsp3) is 0.800. The van der Waals surface area contributed by atoms with Gasteiger partial charge in [0.25, 0.3) is 0 Å². The van der Waals surface area contributed by atoms with Crippen molar-refractivity contribution in [1.82, 2.24) is 15.0 Å². The Labute approximate surface area is 132 Å². The molecule has 0 aliphatic carbocycles. The number of hydrogen-bond acceptors (Lipinski definition) is 2. The standard InChI is InChI=1S/C10H14Cl5N3/c1-3-5-6-7-8(16-17-18(7)4-2)9(11,12)10(13,14)15/h3-6H2,1-2H3. The van der Waals surface area contributed by atoms with E-state index >= 15 is 0 Å². The molecule has 1 heterocycles. The van der Waals surface area contributed by atoms with Gasteiger partial charge < -0.3 is 0 Å². The van der Waals surface area contributed by atoms with Gasteiger partial charge in [0, 0.05) is 6.54 Å². The Balaban J connectivity index is 3.20. The van der Waals surface area contributed by atoms with Gasteiger partial charge in [-0.3, -0.25) is 0 Å². The molecule has 0 fully saturated rings. The Morgan fingerprint density at radius 2 is 1.72 bits per heavy atom. The summed E-state index contributed by atoms with van der Waals surface area (Å²) in [6.07, 6.45) is 2.73. The summed E-state index contributed by atoms with van der Waals surface area (Å²) >= 11 is 29.7. The molecule has 104 valence electrons. The van der Waals surface area contributed by atoms with Gasteiger partial charge in [-0.25, -0.2) is 4.68 Å². The van der Waals surface area contributed by atoms with Crippen LogP contribution in [-0.4, -0.2) is 18.8 Å². The molecule has 0 saturated heterocycles. The summed E-state index contributed by atoms with van der Waals surface area (Å²) in [6.45, 7) is 4.70. The van der Waals surface area contributed by atoms with Gasteiger partial charge in [-0.15, -0.1) is 5.10 Å². The summed E-state index contributed by atoms with van der Waals surface area (Å²) in [6, 6.07) is 0. The van der Waals surface area contributed by atoms with Gasteiger partial charge in [0.1, 0.15) is 5.69 Å². The lowest BCUT2D eigenvalue weighted by Crippen LogP contribution is -2.30. The largest absolute Gasteiger partial charge is 0.249 e. The van der Waals surface area contributed by atoms with Gasteiger partial charge in [0.05, 0.1) is 5.69 Å². The van der Waals surface area contributed by atoms with Crippen molar-refractivity contribution in [1.29, 1.82) is 0 Å². The fourth-order valence-corrected chi connectivity index (χ4v) is 2.12. The molecule has 1 aromatic rings. The molecule has 0 amide bonds. The Kier molecular flexibility index (Phi) is 5.88. The van der Waals surface area contributed by atoms with Crippen LogP contribution in [0.5, 0.6) is 0 Å². The number of halogens is 5. The van der Waals surface area contributed by atoms with Gasteiger partial charge in [0.2, 0.25) is 8.13 Å². The molecule has 1 aromatic heterocycles. The third-order valence-electron chi connectivity index (χ3n) is 2.56.